The maximum absolute atomic E-state index is 13.0. The molecule has 1 aliphatic heterocycles. The predicted octanol–water partition coefficient (Wildman–Crippen LogP) is 2.49. The van der Waals surface area contributed by atoms with Crippen molar-refractivity contribution in [3.63, 3.8) is 0 Å². The number of benzene rings is 1. The van der Waals surface area contributed by atoms with E-state index in [4.69, 9.17) is 11.5 Å². The minimum atomic E-state index is -0.945. The van der Waals surface area contributed by atoms with Gasteiger partial charge in [0, 0.05) is 57.0 Å². The van der Waals surface area contributed by atoms with E-state index in [0.717, 1.165) is 43.7 Å². The molecule has 44 heavy (non-hydrogen) atoms. The average Bonchev–Trinajstić information content (AvgIpc) is 3.84. The summed E-state index contributed by atoms with van der Waals surface area (Å²) >= 11 is 0. The van der Waals surface area contributed by atoms with Crippen molar-refractivity contribution >= 4 is 17.8 Å². The molecule has 6 rings (SSSR count). The zero-order chi connectivity index (χ0) is 31.0. The normalized spacial score (nSPS) is 24.2. The van der Waals surface area contributed by atoms with E-state index in [1.54, 1.807) is 35.9 Å². The van der Waals surface area contributed by atoms with Crippen LogP contribution in [0.4, 0.5) is 10.6 Å². The molecule has 0 radical (unpaired) electrons. The summed E-state index contributed by atoms with van der Waals surface area (Å²) in [5, 5.41) is 2.74. The predicted molar refractivity (Wildman–Crippen MR) is 171 cm³/mol. The van der Waals surface area contributed by atoms with Gasteiger partial charge >= 0.3 is 11.7 Å². The van der Waals surface area contributed by atoms with Gasteiger partial charge in [-0.15, -0.1) is 0 Å². The SMILES string of the molecule is CC(C)(N)C(=O)N1CCN(C(=O)Nc2ccn(-c3ccc4c(c3)CCC(N(CC3CC3)C3CCC(N)CC3)C4)c(=O)n2)CC1. The lowest BCUT2D eigenvalue weighted by Gasteiger charge is -2.43. The van der Waals surface area contributed by atoms with Crippen molar-refractivity contribution in [2.24, 2.45) is 17.4 Å². The van der Waals surface area contributed by atoms with Gasteiger partial charge in [0.2, 0.25) is 5.91 Å². The van der Waals surface area contributed by atoms with Crippen LogP contribution in [0, 0.1) is 5.92 Å². The van der Waals surface area contributed by atoms with Gasteiger partial charge in [0.05, 0.1) is 11.2 Å². The lowest BCUT2D eigenvalue weighted by Crippen LogP contribution is -2.58. The average molecular weight is 605 g/mol. The number of hydrogen-bond acceptors (Lipinski definition) is 7. The molecule has 1 aromatic carbocycles. The molecule has 4 aliphatic rings. The van der Waals surface area contributed by atoms with Crippen LogP contribution in [0.2, 0.25) is 0 Å². The second kappa shape index (κ2) is 12.6. The number of piperazine rings is 1. The molecule has 2 heterocycles. The first-order valence-corrected chi connectivity index (χ1v) is 16.4. The zero-order valence-electron chi connectivity index (χ0n) is 26.2. The van der Waals surface area contributed by atoms with E-state index in [0.29, 0.717) is 44.3 Å². The fourth-order valence-corrected chi connectivity index (χ4v) is 7.16. The molecular weight excluding hydrogens is 556 g/mol. The molecule has 2 saturated carbocycles. The molecule has 0 spiro atoms. The molecule has 11 nitrogen and oxygen atoms in total. The van der Waals surface area contributed by atoms with Crippen LogP contribution >= 0.6 is 0 Å². The summed E-state index contributed by atoms with van der Waals surface area (Å²) in [6.45, 7) is 6.18. The Bertz CT molecular complexity index is 1410. The molecular formula is C33H48N8O3. The lowest BCUT2D eigenvalue weighted by molar-refractivity contribution is -0.137. The Balaban J connectivity index is 1.07. The number of nitrogens with two attached hydrogens (primary N) is 2. The third kappa shape index (κ3) is 7.00. The molecule has 5 N–H and O–H groups in total. The van der Waals surface area contributed by atoms with Crippen molar-refractivity contribution in [1.82, 2.24) is 24.3 Å². The highest BCUT2D eigenvalue weighted by atomic mass is 16.2. The second-order valence-electron chi connectivity index (χ2n) is 14.0. The largest absolute Gasteiger partial charge is 0.354 e. The number of hydrogen-bond donors (Lipinski definition) is 3. The van der Waals surface area contributed by atoms with Gasteiger partial charge in [0.1, 0.15) is 5.82 Å². The van der Waals surface area contributed by atoms with Gasteiger partial charge in [-0.1, -0.05) is 6.07 Å². The van der Waals surface area contributed by atoms with Crippen LogP contribution in [0.15, 0.2) is 35.3 Å². The van der Waals surface area contributed by atoms with E-state index >= 15 is 0 Å². The van der Waals surface area contributed by atoms with Gasteiger partial charge in [-0.2, -0.15) is 4.98 Å². The molecule has 3 amide bonds. The highest BCUT2D eigenvalue weighted by Gasteiger charge is 2.36. The Morgan fingerprint density at radius 1 is 0.955 bits per heavy atom. The van der Waals surface area contributed by atoms with Crippen molar-refractivity contribution in [1.29, 1.82) is 0 Å². The number of nitrogens with one attached hydrogen (secondary N) is 1. The number of amides is 3. The van der Waals surface area contributed by atoms with E-state index in [-0.39, 0.29) is 17.8 Å². The Labute approximate surface area is 260 Å². The highest BCUT2D eigenvalue weighted by Crippen LogP contribution is 2.36. The van der Waals surface area contributed by atoms with E-state index in [9.17, 15) is 14.4 Å². The van der Waals surface area contributed by atoms with E-state index in [2.05, 4.69) is 27.3 Å². The number of urea groups is 1. The van der Waals surface area contributed by atoms with E-state index in [1.165, 1.54) is 47.9 Å². The minimum Gasteiger partial charge on any atom is -0.338 e. The number of aryl methyl sites for hydroxylation is 1. The Hall–Kier alpha value is -3.28. The summed E-state index contributed by atoms with van der Waals surface area (Å²) in [4.78, 5) is 48.6. The molecule has 1 aromatic heterocycles. The van der Waals surface area contributed by atoms with Gasteiger partial charge in [0.15, 0.2) is 0 Å². The fourth-order valence-electron chi connectivity index (χ4n) is 7.16. The number of carbonyl (C=O) groups excluding carboxylic acids is 2. The quantitative estimate of drug-likeness (QED) is 0.441. The molecule has 0 bridgehead atoms. The Kier molecular flexibility index (Phi) is 8.81. The molecule has 3 aliphatic carbocycles. The number of aromatic nitrogens is 2. The summed E-state index contributed by atoms with van der Waals surface area (Å²) in [5.41, 5.74) is 14.2. The standard InChI is InChI=1S/C33H48N8O3/c1-33(2,35)30(42)38-15-17-39(18-16-38)31(43)36-29-13-14-40(32(44)37-29)27-9-5-24-20-28(10-6-23(24)19-27)41(21-22-3-4-22)26-11-7-25(34)8-12-26/h5,9,13-14,19,22,25-26,28H,3-4,6-8,10-12,15-18,20-21,34-35H2,1-2H3,(H,36,37,43,44). The van der Waals surface area contributed by atoms with Crippen LogP contribution in [0.25, 0.3) is 5.69 Å². The van der Waals surface area contributed by atoms with Crippen LogP contribution in [-0.4, -0.2) is 92.6 Å². The highest BCUT2D eigenvalue weighted by molar-refractivity contribution is 5.89. The van der Waals surface area contributed by atoms with E-state index < -0.39 is 11.2 Å². The van der Waals surface area contributed by atoms with Crippen molar-refractivity contribution in [3.05, 3.63) is 52.1 Å². The maximum Gasteiger partial charge on any atom is 0.354 e. The van der Waals surface area contributed by atoms with Crippen molar-refractivity contribution in [2.45, 2.75) is 95.3 Å². The minimum absolute atomic E-state index is 0.134. The second-order valence-corrected chi connectivity index (χ2v) is 14.0. The molecule has 1 saturated heterocycles. The monoisotopic (exact) mass is 604 g/mol. The molecule has 238 valence electrons. The molecule has 2 aromatic rings. The summed E-state index contributed by atoms with van der Waals surface area (Å²) in [5.74, 6) is 0.940. The summed E-state index contributed by atoms with van der Waals surface area (Å²) < 4.78 is 1.53. The first-order valence-electron chi connectivity index (χ1n) is 16.4. The summed E-state index contributed by atoms with van der Waals surface area (Å²) in [7, 11) is 0. The summed E-state index contributed by atoms with van der Waals surface area (Å²) in [6, 6.07) is 9.21. The fraction of sp³-hybridized carbons (Fsp3) is 0.636. The van der Waals surface area contributed by atoms with Crippen LogP contribution in [0.3, 0.4) is 0 Å². The Morgan fingerprint density at radius 2 is 1.66 bits per heavy atom. The maximum atomic E-state index is 13.0. The molecule has 1 atom stereocenters. The third-order valence-corrected chi connectivity index (χ3v) is 9.96. The van der Waals surface area contributed by atoms with Gasteiger partial charge in [-0.05, 0) is 107 Å². The number of rotatable bonds is 7. The number of fused-ring (bicyclic) bond motifs is 1. The first-order chi connectivity index (χ1) is 21.0. The molecule has 11 heteroatoms. The third-order valence-electron chi connectivity index (χ3n) is 9.96. The van der Waals surface area contributed by atoms with Crippen molar-refractivity contribution in [3.8, 4) is 5.69 Å². The van der Waals surface area contributed by atoms with Crippen LogP contribution < -0.4 is 22.5 Å². The van der Waals surface area contributed by atoms with Gasteiger partial charge in [-0.25, -0.2) is 9.59 Å². The number of carbonyl (C=O) groups is 2. The van der Waals surface area contributed by atoms with Gasteiger partial charge in [0.25, 0.3) is 0 Å². The van der Waals surface area contributed by atoms with Crippen LogP contribution in [0.5, 0.6) is 0 Å². The number of anilines is 1. The first kappa shape index (κ1) is 30.7. The topological polar surface area (TPSA) is 143 Å². The smallest absolute Gasteiger partial charge is 0.338 e. The van der Waals surface area contributed by atoms with Crippen molar-refractivity contribution < 1.29 is 9.59 Å². The zero-order valence-corrected chi connectivity index (χ0v) is 26.2. The number of nitrogens with zero attached hydrogens (tertiary/aromatic N) is 5. The Morgan fingerprint density at radius 3 is 2.32 bits per heavy atom. The lowest BCUT2D eigenvalue weighted by atomic mass is 9.84. The van der Waals surface area contributed by atoms with Gasteiger partial charge < -0.3 is 21.3 Å². The molecule has 1 unspecified atom stereocenters. The molecule has 3 fully saturated rings. The van der Waals surface area contributed by atoms with E-state index in [1.807, 2.05) is 6.07 Å². The van der Waals surface area contributed by atoms with Crippen molar-refractivity contribution in [2.75, 3.05) is 38.0 Å². The summed E-state index contributed by atoms with van der Waals surface area (Å²) in [6.07, 6.45) is 12.3. The van der Waals surface area contributed by atoms with Crippen LogP contribution in [-0.2, 0) is 17.6 Å². The van der Waals surface area contributed by atoms with Gasteiger partial charge in [-0.3, -0.25) is 19.6 Å². The van der Waals surface area contributed by atoms with Crippen LogP contribution in [0.1, 0.15) is 69.9 Å².